The molecule has 0 saturated carbocycles. The molecule has 4 aromatic carbocycles. The van der Waals surface area contributed by atoms with E-state index in [0.29, 0.717) is 0 Å². The number of benzene rings is 4. The zero-order valence-corrected chi connectivity index (χ0v) is 14.7. The van der Waals surface area contributed by atoms with Gasteiger partial charge in [-0.15, -0.1) is 0 Å². The molecule has 1 heterocycles. The predicted octanol–water partition coefficient (Wildman–Crippen LogP) is 5.19. The van der Waals surface area contributed by atoms with Gasteiger partial charge in [0.25, 0.3) is 0 Å². The molecule has 0 unspecified atom stereocenters. The summed E-state index contributed by atoms with van der Waals surface area (Å²) in [5.41, 5.74) is 5.47. The highest BCUT2D eigenvalue weighted by molar-refractivity contribution is 6.65. The maximum Gasteiger partial charge on any atom is 0.633 e. The third-order valence-electron chi connectivity index (χ3n) is 4.83. The summed E-state index contributed by atoms with van der Waals surface area (Å²) in [4.78, 5) is 0. The lowest BCUT2D eigenvalue weighted by molar-refractivity contribution is 0.438. The Bertz CT molecular complexity index is 1090. The molecule has 0 atom stereocenters. The Labute approximate surface area is 159 Å². The maximum atomic E-state index is 6.40. The van der Waals surface area contributed by atoms with E-state index in [1.807, 2.05) is 60.7 Å². The van der Waals surface area contributed by atoms with Crippen molar-refractivity contribution in [1.29, 1.82) is 0 Å². The van der Waals surface area contributed by atoms with Gasteiger partial charge in [-0.2, -0.15) is 0 Å². The molecule has 2 nitrogen and oxygen atoms in total. The summed E-state index contributed by atoms with van der Waals surface area (Å²) in [5.74, 6) is 1.65. The first-order valence-corrected chi connectivity index (χ1v) is 9.06. The second kappa shape index (κ2) is 6.69. The summed E-state index contributed by atoms with van der Waals surface area (Å²) < 4.78 is 12.6. The Hall–Kier alpha value is -3.46. The Morgan fingerprint density at radius 3 is 2.04 bits per heavy atom. The normalized spacial score (nSPS) is 11.9. The van der Waals surface area contributed by atoms with Crippen LogP contribution in [-0.2, 0) is 0 Å². The summed E-state index contributed by atoms with van der Waals surface area (Å²) >= 11 is 0. The summed E-state index contributed by atoms with van der Waals surface area (Å²) in [5, 5.41) is 0. The Morgan fingerprint density at radius 2 is 1.19 bits per heavy atom. The summed E-state index contributed by atoms with van der Waals surface area (Å²) in [6.07, 6.45) is 0. The SMILES string of the molecule is c1ccc(-c2ccccc2OB2Oc3ccccc3-c3ccccc32)cc1. The molecule has 0 aromatic heterocycles. The summed E-state index contributed by atoms with van der Waals surface area (Å²) in [6, 6.07) is 34.7. The zero-order valence-electron chi connectivity index (χ0n) is 14.7. The minimum absolute atomic E-state index is 0.485. The van der Waals surface area contributed by atoms with E-state index in [0.717, 1.165) is 39.2 Å². The van der Waals surface area contributed by atoms with Crippen molar-refractivity contribution in [2.75, 3.05) is 0 Å². The van der Waals surface area contributed by atoms with Gasteiger partial charge in [0, 0.05) is 16.6 Å². The van der Waals surface area contributed by atoms with Crippen LogP contribution in [-0.4, -0.2) is 7.12 Å². The lowest BCUT2D eigenvalue weighted by Crippen LogP contribution is -2.46. The highest BCUT2D eigenvalue weighted by Gasteiger charge is 2.35. The van der Waals surface area contributed by atoms with Gasteiger partial charge in [0.1, 0.15) is 11.5 Å². The topological polar surface area (TPSA) is 18.5 Å². The van der Waals surface area contributed by atoms with Crippen molar-refractivity contribution in [2.24, 2.45) is 0 Å². The van der Waals surface area contributed by atoms with Crippen molar-refractivity contribution in [3.05, 3.63) is 103 Å². The molecule has 0 amide bonds. The largest absolute Gasteiger partial charge is 0.633 e. The molecule has 0 radical (unpaired) electrons. The van der Waals surface area contributed by atoms with Crippen molar-refractivity contribution in [1.82, 2.24) is 0 Å². The predicted molar refractivity (Wildman–Crippen MR) is 110 cm³/mol. The van der Waals surface area contributed by atoms with Gasteiger partial charge in [0.15, 0.2) is 0 Å². The average Bonchev–Trinajstić information content (AvgIpc) is 2.75. The first-order chi connectivity index (χ1) is 13.4. The molecule has 0 bridgehead atoms. The molecule has 1 aliphatic rings. The molecular weight excluding hydrogens is 331 g/mol. The number of rotatable bonds is 3. The first kappa shape index (κ1) is 15.8. The van der Waals surface area contributed by atoms with Crippen LogP contribution < -0.4 is 14.8 Å². The van der Waals surface area contributed by atoms with Gasteiger partial charge in [-0.25, -0.2) is 0 Å². The smallest absolute Gasteiger partial charge is 0.521 e. The average molecular weight is 348 g/mol. The van der Waals surface area contributed by atoms with Crippen molar-refractivity contribution < 1.29 is 9.31 Å². The first-order valence-electron chi connectivity index (χ1n) is 9.06. The van der Waals surface area contributed by atoms with Gasteiger partial charge < -0.3 is 9.31 Å². The molecule has 4 aromatic rings. The van der Waals surface area contributed by atoms with E-state index in [4.69, 9.17) is 9.31 Å². The van der Waals surface area contributed by atoms with Crippen LogP contribution in [0.4, 0.5) is 0 Å². The third kappa shape index (κ3) is 2.87. The number of hydrogen-bond acceptors (Lipinski definition) is 2. The quantitative estimate of drug-likeness (QED) is 0.475. The molecule has 0 N–H and O–H groups in total. The van der Waals surface area contributed by atoms with Crippen molar-refractivity contribution in [3.63, 3.8) is 0 Å². The lowest BCUT2D eigenvalue weighted by atomic mass is 9.71. The zero-order chi connectivity index (χ0) is 18.1. The minimum Gasteiger partial charge on any atom is -0.521 e. The monoisotopic (exact) mass is 348 g/mol. The van der Waals surface area contributed by atoms with Crippen LogP contribution in [0.2, 0.25) is 0 Å². The molecule has 3 heteroatoms. The maximum absolute atomic E-state index is 6.40. The Balaban J connectivity index is 1.57. The van der Waals surface area contributed by atoms with Crippen molar-refractivity contribution >= 4 is 12.6 Å². The van der Waals surface area contributed by atoms with Crippen molar-refractivity contribution in [2.45, 2.75) is 0 Å². The second-order valence-electron chi connectivity index (χ2n) is 6.51. The molecule has 0 fully saturated rings. The van der Waals surface area contributed by atoms with E-state index < -0.39 is 7.12 Å². The van der Waals surface area contributed by atoms with Gasteiger partial charge in [0.2, 0.25) is 0 Å². The van der Waals surface area contributed by atoms with Gasteiger partial charge >= 0.3 is 7.12 Å². The van der Waals surface area contributed by atoms with Gasteiger partial charge in [-0.3, -0.25) is 0 Å². The molecule has 0 saturated heterocycles. The van der Waals surface area contributed by atoms with E-state index in [1.165, 1.54) is 0 Å². The number of fused-ring (bicyclic) bond motifs is 3. The second-order valence-corrected chi connectivity index (χ2v) is 6.51. The van der Waals surface area contributed by atoms with Gasteiger partial charge in [-0.1, -0.05) is 91.0 Å². The van der Waals surface area contributed by atoms with Crippen LogP contribution >= 0.6 is 0 Å². The molecule has 27 heavy (non-hydrogen) atoms. The fourth-order valence-electron chi connectivity index (χ4n) is 3.55. The summed E-state index contributed by atoms with van der Waals surface area (Å²) in [7, 11) is -0.485. The molecule has 0 aliphatic carbocycles. The molecule has 128 valence electrons. The molecule has 0 spiro atoms. The Morgan fingerprint density at radius 1 is 0.556 bits per heavy atom. The highest BCUT2D eigenvalue weighted by atomic mass is 16.6. The van der Waals surface area contributed by atoms with Crippen LogP contribution in [0.3, 0.4) is 0 Å². The minimum atomic E-state index is -0.485. The van der Waals surface area contributed by atoms with Crippen LogP contribution in [0.1, 0.15) is 0 Å². The van der Waals surface area contributed by atoms with E-state index >= 15 is 0 Å². The summed E-state index contributed by atoms with van der Waals surface area (Å²) in [6.45, 7) is 0. The fraction of sp³-hybridized carbons (Fsp3) is 0. The van der Waals surface area contributed by atoms with Crippen LogP contribution in [0.25, 0.3) is 22.3 Å². The molecule has 5 rings (SSSR count). The Kier molecular flexibility index (Phi) is 3.91. The van der Waals surface area contributed by atoms with Crippen LogP contribution in [0.5, 0.6) is 11.5 Å². The number of hydrogen-bond donors (Lipinski definition) is 0. The highest BCUT2D eigenvalue weighted by Crippen LogP contribution is 2.35. The van der Waals surface area contributed by atoms with Crippen molar-refractivity contribution in [3.8, 4) is 33.8 Å². The van der Waals surface area contributed by atoms with Gasteiger partial charge in [0.05, 0.1) is 0 Å². The van der Waals surface area contributed by atoms with E-state index in [1.54, 1.807) is 0 Å². The molecule has 1 aliphatic heterocycles. The van der Waals surface area contributed by atoms with Crippen LogP contribution in [0.15, 0.2) is 103 Å². The number of para-hydroxylation sites is 2. The standard InChI is InChI=1S/C24H17BO2/c1-2-10-18(11-3-1)19-12-5-8-16-23(19)26-25-22-15-7-4-13-20(22)21-14-6-9-17-24(21)27-25/h1-17H. The molecular formula is C24H17BO2. The fourth-order valence-corrected chi connectivity index (χ4v) is 3.55. The van der Waals surface area contributed by atoms with Gasteiger partial charge in [-0.05, 0) is 23.3 Å². The van der Waals surface area contributed by atoms with Crippen LogP contribution in [0, 0.1) is 0 Å². The van der Waals surface area contributed by atoms with E-state index in [2.05, 4.69) is 42.5 Å². The van der Waals surface area contributed by atoms with E-state index in [9.17, 15) is 0 Å². The van der Waals surface area contributed by atoms with E-state index in [-0.39, 0.29) is 0 Å². The third-order valence-corrected chi connectivity index (χ3v) is 4.83. The lowest BCUT2D eigenvalue weighted by Gasteiger charge is -2.26.